The minimum absolute atomic E-state index is 0.0458. The van der Waals surface area contributed by atoms with Crippen LogP contribution in [-0.4, -0.2) is 26.6 Å². The molecule has 15 heavy (non-hydrogen) atoms. The second kappa shape index (κ2) is 3.93. The zero-order valence-corrected chi connectivity index (χ0v) is 8.91. The molecular weight excluding hydrogens is 231 g/mol. The monoisotopic (exact) mass is 241 g/mol. The van der Waals surface area contributed by atoms with Gasteiger partial charge in [0.05, 0.1) is 5.60 Å². The van der Waals surface area contributed by atoms with Crippen LogP contribution in [0.4, 0.5) is 18.3 Å². The Hall–Kier alpha value is -0.890. The number of hydrogen-bond acceptors (Lipinski definition) is 5. The minimum atomic E-state index is -4.52. The average molecular weight is 241 g/mol. The van der Waals surface area contributed by atoms with Crippen LogP contribution in [0.1, 0.15) is 19.7 Å². The number of nitrogens with zero attached hydrogens (tertiary/aromatic N) is 2. The Balaban J connectivity index is 2.62. The van der Waals surface area contributed by atoms with Crippen LogP contribution in [0.5, 0.6) is 0 Å². The zero-order valence-electron chi connectivity index (χ0n) is 8.09. The summed E-state index contributed by atoms with van der Waals surface area (Å²) in [5.74, 6) is -1.16. The third kappa shape index (κ3) is 4.00. The number of anilines is 1. The molecule has 0 unspecified atom stereocenters. The summed E-state index contributed by atoms with van der Waals surface area (Å²) in [4.78, 5) is 3.24. The minimum Gasteiger partial charge on any atom is -0.389 e. The summed E-state index contributed by atoms with van der Waals surface area (Å²) in [6.07, 6.45) is -4.52. The van der Waals surface area contributed by atoms with Crippen molar-refractivity contribution in [3.05, 3.63) is 5.82 Å². The van der Waals surface area contributed by atoms with E-state index in [1.165, 1.54) is 13.8 Å². The molecule has 0 fully saturated rings. The van der Waals surface area contributed by atoms with Crippen molar-refractivity contribution in [3.8, 4) is 0 Å². The Labute approximate surface area is 88.3 Å². The van der Waals surface area contributed by atoms with Gasteiger partial charge in [0.2, 0.25) is 11.0 Å². The van der Waals surface area contributed by atoms with Gasteiger partial charge in [-0.1, -0.05) is 0 Å². The summed E-state index contributed by atoms with van der Waals surface area (Å²) in [7, 11) is 0. The molecule has 1 aromatic heterocycles. The van der Waals surface area contributed by atoms with Crippen molar-refractivity contribution in [2.75, 3.05) is 11.9 Å². The van der Waals surface area contributed by atoms with E-state index in [1.807, 2.05) is 0 Å². The van der Waals surface area contributed by atoms with Crippen molar-refractivity contribution < 1.29 is 18.3 Å². The predicted molar refractivity (Wildman–Crippen MR) is 49.7 cm³/mol. The molecule has 1 rings (SSSR count). The highest BCUT2D eigenvalue weighted by atomic mass is 32.1. The van der Waals surface area contributed by atoms with Gasteiger partial charge in [-0.15, -0.1) is 0 Å². The van der Waals surface area contributed by atoms with Crippen LogP contribution in [0.3, 0.4) is 0 Å². The molecule has 2 N–H and O–H groups in total. The van der Waals surface area contributed by atoms with E-state index in [9.17, 15) is 18.3 Å². The average Bonchev–Trinajstić information content (AvgIpc) is 2.45. The quantitative estimate of drug-likeness (QED) is 0.846. The molecule has 86 valence electrons. The first-order valence-electron chi connectivity index (χ1n) is 4.06. The van der Waals surface area contributed by atoms with E-state index in [4.69, 9.17) is 0 Å². The molecule has 0 aliphatic carbocycles. The predicted octanol–water partition coefficient (Wildman–Crippen LogP) is 1.74. The van der Waals surface area contributed by atoms with Crippen LogP contribution in [0.2, 0.25) is 0 Å². The third-order valence-electron chi connectivity index (χ3n) is 1.35. The summed E-state index contributed by atoms with van der Waals surface area (Å²) < 4.78 is 39.4. The Morgan fingerprint density at radius 1 is 1.40 bits per heavy atom. The van der Waals surface area contributed by atoms with E-state index in [2.05, 4.69) is 14.7 Å². The summed E-state index contributed by atoms with van der Waals surface area (Å²) in [5.41, 5.74) is -1.01. The largest absolute Gasteiger partial charge is 0.452 e. The molecule has 0 bridgehead atoms. The molecule has 0 aliphatic rings. The summed E-state index contributed by atoms with van der Waals surface area (Å²) in [6.45, 7) is 3.18. The van der Waals surface area contributed by atoms with Gasteiger partial charge < -0.3 is 10.4 Å². The maximum Gasteiger partial charge on any atom is 0.452 e. The maximum atomic E-state index is 12.1. The van der Waals surface area contributed by atoms with Crippen LogP contribution in [0.15, 0.2) is 0 Å². The van der Waals surface area contributed by atoms with Gasteiger partial charge in [-0.05, 0) is 13.8 Å². The van der Waals surface area contributed by atoms with E-state index >= 15 is 0 Å². The molecule has 0 spiro atoms. The van der Waals surface area contributed by atoms with Crippen molar-refractivity contribution >= 4 is 16.7 Å². The molecule has 0 aliphatic heterocycles. The molecule has 4 nitrogen and oxygen atoms in total. The highest BCUT2D eigenvalue weighted by molar-refractivity contribution is 7.09. The first-order chi connectivity index (χ1) is 6.68. The van der Waals surface area contributed by atoms with Crippen molar-refractivity contribution in [3.63, 3.8) is 0 Å². The van der Waals surface area contributed by atoms with Gasteiger partial charge in [0.25, 0.3) is 0 Å². The number of aromatic nitrogens is 2. The third-order valence-corrected chi connectivity index (χ3v) is 2.02. The van der Waals surface area contributed by atoms with Crippen molar-refractivity contribution in [2.24, 2.45) is 0 Å². The fraction of sp³-hybridized carbons (Fsp3) is 0.714. The first kappa shape index (κ1) is 12.2. The fourth-order valence-electron chi connectivity index (χ4n) is 0.702. The van der Waals surface area contributed by atoms with Crippen LogP contribution >= 0.6 is 11.5 Å². The Morgan fingerprint density at radius 3 is 2.40 bits per heavy atom. The molecule has 0 saturated heterocycles. The SMILES string of the molecule is CC(C)(O)CNc1nc(C(F)(F)F)ns1. The molecule has 0 atom stereocenters. The second-order valence-corrected chi connectivity index (χ2v) is 4.34. The lowest BCUT2D eigenvalue weighted by Crippen LogP contribution is -2.29. The zero-order chi connectivity index (χ0) is 11.7. The number of halogens is 3. The smallest absolute Gasteiger partial charge is 0.389 e. The lowest BCUT2D eigenvalue weighted by molar-refractivity contribution is -0.144. The maximum absolute atomic E-state index is 12.1. The summed E-state index contributed by atoms with van der Waals surface area (Å²) >= 11 is 0.614. The van der Waals surface area contributed by atoms with Crippen LogP contribution in [0.25, 0.3) is 0 Å². The van der Waals surface area contributed by atoms with Crippen molar-refractivity contribution in [2.45, 2.75) is 25.6 Å². The Kier molecular flexibility index (Phi) is 3.19. The number of alkyl halides is 3. The number of aliphatic hydroxyl groups is 1. The lowest BCUT2D eigenvalue weighted by Gasteiger charge is -2.16. The second-order valence-electron chi connectivity index (χ2n) is 3.59. The van der Waals surface area contributed by atoms with Crippen LogP contribution in [-0.2, 0) is 6.18 Å². The van der Waals surface area contributed by atoms with Gasteiger partial charge in [0.1, 0.15) is 0 Å². The molecular formula is C7H10F3N3OS. The molecule has 0 aromatic carbocycles. The van der Waals surface area contributed by atoms with Gasteiger partial charge >= 0.3 is 6.18 Å². The molecule has 1 aromatic rings. The fourth-order valence-corrected chi connectivity index (χ4v) is 1.28. The Morgan fingerprint density at radius 2 is 2.00 bits per heavy atom. The van der Waals surface area contributed by atoms with Gasteiger partial charge in [-0.2, -0.15) is 22.5 Å². The summed E-state index contributed by atoms with van der Waals surface area (Å²) in [5, 5.41) is 11.9. The molecule has 0 radical (unpaired) electrons. The lowest BCUT2D eigenvalue weighted by atomic mass is 10.1. The number of nitrogens with one attached hydrogen (secondary N) is 1. The van der Waals surface area contributed by atoms with E-state index in [1.54, 1.807) is 0 Å². The highest BCUT2D eigenvalue weighted by Gasteiger charge is 2.36. The van der Waals surface area contributed by atoms with E-state index in [-0.39, 0.29) is 11.7 Å². The van der Waals surface area contributed by atoms with Crippen molar-refractivity contribution in [1.82, 2.24) is 9.36 Å². The molecule has 1 heterocycles. The topological polar surface area (TPSA) is 58.0 Å². The van der Waals surface area contributed by atoms with Gasteiger partial charge in [0.15, 0.2) is 0 Å². The number of hydrogen-bond donors (Lipinski definition) is 2. The van der Waals surface area contributed by atoms with Crippen molar-refractivity contribution in [1.29, 1.82) is 0 Å². The van der Waals surface area contributed by atoms with Crippen LogP contribution in [0, 0.1) is 0 Å². The summed E-state index contributed by atoms with van der Waals surface area (Å²) in [6, 6.07) is 0. The molecule has 8 heteroatoms. The number of rotatable bonds is 3. The molecule has 0 saturated carbocycles. The highest BCUT2D eigenvalue weighted by Crippen LogP contribution is 2.28. The van der Waals surface area contributed by atoms with Gasteiger partial charge in [0, 0.05) is 18.1 Å². The molecule has 0 amide bonds. The van der Waals surface area contributed by atoms with Crippen LogP contribution < -0.4 is 5.32 Å². The van der Waals surface area contributed by atoms with E-state index in [0.717, 1.165) is 0 Å². The van der Waals surface area contributed by atoms with E-state index in [0.29, 0.717) is 11.5 Å². The Bertz CT molecular complexity index is 331. The van der Waals surface area contributed by atoms with E-state index < -0.39 is 17.6 Å². The standard InChI is InChI=1S/C7H10F3N3OS/c1-6(2,14)3-11-5-12-4(13-15-5)7(8,9)10/h14H,3H2,1-2H3,(H,11,12,13). The first-order valence-corrected chi connectivity index (χ1v) is 4.83. The normalized spacial score (nSPS) is 12.9. The van der Waals surface area contributed by atoms with Gasteiger partial charge in [-0.3, -0.25) is 0 Å². The van der Waals surface area contributed by atoms with Gasteiger partial charge in [-0.25, -0.2) is 0 Å².